The molecule has 5 rings (SSSR count). The molecular weight excluding hydrogens is 449 g/mol. The van der Waals surface area contributed by atoms with Crippen LogP contribution in [0.5, 0.6) is 5.75 Å². The average molecular weight is 472 g/mol. The number of ether oxygens (including phenoxy) is 1. The quantitative estimate of drug-likeness (QED) is 0.421. The fourth-order valence-corrected chi connectivity index (χ4v) is 4.16. The second-order valence-corrected chi connectivity index (χ2v) is 8.43. The summed E-state index contributed by atoms with van der Waals surface area (Å²) in [5.41, 5.74) is 8.97. The topological polar surface area (TPSA) is 103 Å². The van der Waals surface area contributed by atoms with Crippen molar-refractivity contribution in [1.29, 1.82) is 0 Å². The number of aromatic nitrogens is 3. The Hall–Kier alpha value is -3.73. The van der Waals surface area contributed by atoms with Gasteiger partial charge in [-0.2, -0.15) is 13.2 Å². The molecule has 1 fully saturated rings. The molecule has 8 nitrogen and oxygen atoms in total. The SMILES string of the molecule is CN1CCN(c2ccc3nc(-c4c(N)c5cc(OCC(F)(F)F)ccc5[nH]c4=O)[nH]c3c2)CC1. The monoisotopic (exact) mass is 472 g/mol. The summed E-state index contributed by atoms with van der Waals surface area (Å²) >= 11 is 0. The van der Waals surface area contributed by atoms with Crippen molar-refractivity contribution < 1.29 is 17.9 Å². The number of nitrogens with one attached hydrogen (secondary N) is 2. The number of anilines is 2. The van der Waals surface area contributed by atoms with Crippen LogP contribution in [0.25, 0.3) is 33.3 Å². The summed E-state index contributed by atoms with van der Waals surface area (Å²) in [5.74, 6) is 0.281. The van der Waals surface area contributed by atoms with Crippen LogP contribution in [0, 0.1) is 0 Å². The zero-order chi connectivity index (χ0) is 24.0. The fraction of sp³-hybridized carbons (Fsp3) is 0.304. The van der Waals surface area contributed by atoms with Crippen LogP contribution < -0.4 is 20.9 Å². The summed E-state index contributed by atoms with van der Waals surface area (Å²) in [7, 11) is 2.10. The third-order valence-electron chi connectivity index (χ3n) is 6.00. The van der Waals surface area contributed by atoms with Crippen LogP contribution in [-0.4, -0.2) is 65.9 Å². The number of nitrogens with zero attached hydrogens (tertiary/aromatic N) is 3. The van der Waals surface area contributed by atoms with Crippen LogP contribution in [0.1, 0.15) is 0 Å². The standard InChI is InChI=1S/C23H23F3N6O2/c1-31-6-8-32(9-7-31)13-2-4-17-18(10-13)29-21(28-17)19-20(27)15-11-14(34-12-23(24,25)26)3-5-16(15)30-22(19)33/h2-5,10-11H,6-9,12H2,1H3,(H,28,29)(H3,27,30,33). The molecule has 0 radical (unpaired) electrons. The van der Waals surface area contributed by atoms with Crippen LogP contribution >= 0.6 is 0 Å². The van der Waals surface area contributed by atoms with Gasteiger partial charge in [0.2, 0.25) is 0 Å². The molecule has 0 atom stereocenters. The number of piperazine rings is 1. The maximum Gasteiger partial charge on any atom is 0.422 e. The Kier molecular flexibility index (Phi) is 5.35. The predicted molar refractivity (Wildman–Crippen MR) is 125 cm³/mol. The number of rotatable bonds is 4. The van der Waals surface area contributed by atoms with Crippen molar-refractivity contribution in [2.75, 3.05) is 50.5 Å². The van der Waals surface area contributed by atoms with Crippen molar-refractivity contribution in [3.63, 3.8) is 0 Å². The van der Waals surface area contributed by atoms with Gasteiger partial charge in [0.1, 0.15) is 17.1 Å². The summed E-state index contributed by atoms with van der Waals surface area (Å²) in [6.07, 6.45) is -4.46. The van der Waals surface area contributed by atoms with Gasteiger partial charge in [0.25, 0.3) is 5.56 Å². The van der Waals surface area contributed by atoms with Crippen LogP contribution in [0.15, 0.2) is 41.2 Å². The lowest BCUT2D eigenvalue weighted by Crippen LogP contribution is -2.44. The third kappa shape index (κ3) is 4.26. The molecule has 1 aliphatic rings. The first kappa shape index (κ1) is 22.1. The summed E-state index contributed by atoms with van der Waals surface area (Å²) in [6, 6.07) is 10.1. The number of fused-ring (bicyclic) bond motifs is 2. The first-order chi connectivity index (χ1) is 16.2. The molecule has 3 heterocycles. The lowest BCUT2D eigenvalue weighted by Gasteiger charge is -2.34. The Morgan fingerprint density at radius 1 is 1.06 bits per heavy atom. The predicted octanol–water partition coefficient (Wildman–Crippen LogP) is 3.35. The van der Waals surface area contributed by atoms with Crippen molar-refractivity contribution >= 4 is 33.3 Å². The molecule has 0 amide bonds. The van der Waals surface area contributed by atoms with Gasteiger partial charge >= 0.3 is 6.18 Å². The molecule has 0 bridgehead atoms. The average Bonchev–Trinajstić information content (AvgIpc) is 3.20. The molecule has 0 unspecified atom stereocenters. The molecule has 0 spiro atoms. The molecule has 4 N–H and O–H groups in total. The van der Waals surface area contributed by atoms with E-state index in [9.17, 15) is 18.0 Å². The van der Waals surface area contributed by atoms with E-state index in [0.29, 0.717) is 16.4 Å². The van der Waals surface area contributed by atoms with E-state index < -0.39 is 18.3 Å². The van der Waals surface area contributed by atoms with Crippen molar-refractivity contribution in [3.05, 3.63) is 46.8 Å². The Bertz CT molecular complexity index is 1420. The zero-order valence-corrected chi connectivity index (χ0v) is 18.4. The Balaban J connectivity index is 1.52. The van der Waals surface area contributed by atoms with Crippen LogP contribution in [0.2, 0.25) is 0 Å². The van der Waals surface area contributed by atoms with Gasteiger partial charge < -0.3 is 30.2 Å². The molecule has 1 aliphatic heterocycles. The van der Waals surface area contributed by atoms with Gasteiger partial charge in [-0.05, 0) is 43.4 Å². The number of aromatic amines is 2. The number of halogens is 3. The first-order valence-corrected chi connectivity index (χ1v) is 10.8. The van der Waals surface area contributed by atoms with Crippen LogP contribution in [-0.2, 0) is 0 Å². The summed E-state index contributed by atoms with van der Waals surface area (Å²) in [6.45, 7) is 2.36. The lowest BCUT2D eigenvalue weighted by molar-refractivity contribution is -0.153. The highest BCUT2D eigenvalue weighted by Crippen LogP contribution is 2.32. The van der Waals surface area contributed by atoms with E-state index in [4.69, 9.17) is 10.5 Å². The van der Waals surface area contributed by atoms with E-state index in [2.05, 4.69) is 31.8 Å². The minimum absolute atomic E-state index is 0.00375. The van der Waals surface area contributed by atoms with E-state index in [-0.39, 0.29) is 22.8 Å². The number of nitrogen functional groups attached to an aromatic ring is 1. The molecule has 0 saturated carbocycles. The first-order valence-electron chi connectivity index (χ1n) is 10.8. The van der Waals surface area contributed by atoms with Crippen molar-refractivity contribution in [2.45, 2.75) is 6.18 Å². The van der Waals surface area contributed by atoms with E-state index in [1.807, 2.05) is 18.2 Å². The third-order valence-corrected chi connectivity index (χ3v) is 6.00. The molecule has 2 aromatic carbocycles. The Labute approximate surface area is 192 Å². The smallest absolute Gasteiger partial charge is 0.422 e. The second-order valence-electron chi connectivity index (χ2n) is 8.43. The Morgan fingerprint density at radius 3 is 2.56 bits per heavy atom. The van der Waals surface area contributed by atoms with E-state index in [1.165, 1.54) is 18.2 Å². The van der Waals surface area contributed by atoms with Gasteiger partial charge in [-0.3, -0.25) is 4.79 Å². The summed E-state index contributed by atoms with van der Waals surface area (Å²) in [4.78, 5) is 27.8. The normalized spacial score (nSPS) is 15.4. The van der Waals surface area contributed by atoms with Gasteiger partial charge in [-0.15, -0.1) is 0 Å². The number of alkyl halides is 3. The minimum Gasteiger partial charge on any atom is -0.484 e. The summed E-state index contributed by atoms with van der Waals surface area (Å²) < 4.78 is 42.4. The molecule has 11 heteroatoms. The molecule has 178 valence electrons. The van der Waals surface area contributed by atoms with Gasteiger partial charge in [0.15, 0.2) is 6.61 Å². The molecule has 0 aliphatic carbocycles. The van der Waals surface area contributed by atoms with Crippen LogP contribution in [0.3, 0.4) is 0 Å². The number of H-pyrrole nitrogens is 2. The van der Waals surface area contributed by atoms with Gasteiger partial charge in [-0.25, -0.2) is 4.98 Å². The molecule has 4 aromatic rings. The largest absolute Gasteiger partial charge is 0.484 e. The van der Waals surface area contributed by atoms with Gasteiger partial charge in [0.05, 0.1) is 22.2 Å². The van der Waals surface area contributed by atoms with Crippen molar-refractivity contribution in [2.24, 2.45) is 0 Å². The summed E-state index contributed by atoms with van der Waals surface area (Å²) in [5, 5.41) is 0.368. The number of hydrogen-bond acceptors (Lipinski definition) is 6. The highest BCUT2D eigenvalue weighted by Gasteiger charge is 2.28. The van der Waals surface area contributed by atoms with Crippen molar-refractivity contribution in [1.82, 2.24) is 19.9 Å². The van der Waals surface area contributed by atoms with Gasteiger partial charge in [0, 0.05) is 37.3 Å². The number of hydrogen-bond donors (Lipinski definition) is 3. The molecular formula is C23H23F3N6O2. The maximum atomic E-state index is 12.8. The van der Waals surface area contributed by atoms with Crippen LogP contribution in [0.4, 0.5) is 24.5 Å². The second kappa shape index (κ2) is 8.24. The zero-order valence-electron chi connectivity index (χ0n) is 18.4. The number of imidazole rings is 1. The Morgan fingerprint density at radius 2 is 1.82 bits per heavy atom. The van der Waals surface area contributed by atoms with E-state index >= 15 is 0 Å². The van der Waals surface area contributed by atoms with E-state index in [0.717, 1.165) is 37.4 Å². The molecule has 34 heavy (non-hydrogen) atoms. The number of likely N-dealkylation sites (N-methyl/N-ethyl adjacent to an activating group) is 1. The molecule has 2 aromatic heterocycles. The highest BCUT2D eigenvalue weighted by atomic mass is 19.4. The van der Waals surface area contributed by atoms with E-state index in [1.54, 1.807) is 0 Å². The van der Waals surface area contributed by atoms with Gasteiger partial charge in [-0.1, -0.05) is 0 Å². The number of nitrogens with two attached hydrogens (primary N) is 1. The maximum absolute atomic E-state index is 12.8. The lowest BCUT2D eigenvalue weighted by atomic mass is 10.1. The van der Waals surface area contributed by atoms with Crippen molar-refractivity contribution in [3.8, 4) is 17.1 Å². The number of benzene rings is 2. The highest BCUT2D eigenvalue weighted by molar-refractivity contribution is 5.98. The number of pyridine rings is 1. The minimum atomic E-state index is -4.46. The molecule has 1 saturated heterocycles. The fourth-order valence-electron chi connectivity index (χ4n) is 4.16.